The number of carbonyl (C=O) groups is 2. The van der Waals surface area contributed by atoms with Gasteiger partial charge in [0, 0.05) is 43.7 Å². The second-order valence-corrected chi connectivity index (χ2v) is 7.40. The number of hydrogen-bond acceptors (Lipinski definition) is 5. The van der Waals surface area contributed by atoms with Crippen molar-refractivity contribution in [2.45, 2.75) is 18.9 Å². The molecule has 1 saturated carbocycles. The van der Waals surface area contributed by atoms with E-state index in [1.54, 1.807) is 18.5 Å². The molecule has 1 aliphatic carbocycles. The maximum atomic E-state index is 12.7. The molecule has 148 valence electrons. The van der Waals surface area contributed by atoms with Crippen molar-refractivity contribution in [1.29, 1.82) is 0 Å². The number of benzene rings is 2. The van der Waals surface area contributed by atoms with Gasteiger partial charge in [-0.05, 0) is 35.2 Å². The first-order chi connectivity index (χ1) is 14.0. The number of fused-ring (bicyclic) bond motifs is 1. The fourth-order valence-electron chi connectivity index (χ4n) is 3.21. The van der Waals surface area contributed by atoms with Crippen molar-refractivity contribution >= 4 is 28.5 Å². The summed E-state index contributed by atoms with van der Waals surface area (Å²) in [6.07, 6.45) is 5.61. The average Bonchev–Trinajstić information content (AvgIpc) is 3.55. The zero-order valence-electron chi connectivity index (χ0n) is 16.5. The van der Waals surface area contributed by atoms with Crippen molar-refractivity contribution in [3.63, 3.8) is 0 Å². The molecule has 1 aromatic heterocycles. The van der Waals surface area contributed by atoms with E-state index in [2.05, 4.69) is 20.6 Å². The van der Waals surface area contributed by atoms with Crippen LogP contribution < -0.4 is 15.5 Å². The largest absolute Gasteiger partial charge is 0.352 e. The summed E-state index contributed by atoms with van der Waals surface area (Å²) in [5.41, 5.74) is 2.37. The minimum absolute atomic E-state index is 0.0226. The molecular weight excluding hydrogens is 366 g/mol. The van der Waals surface area contributed by atoms with E-state index in [0.717, 1.165) is 34.7 Å². The van der Waals surface area contributed by atoms with E-state index in [1.165, 1.54) is 0 Å². The van der Waals surface area contributed by atoms with E-state index in [-0.39, 0.29) is 24.4 Å². The summed E-state index contributed by atoms with van der Waals surface area (Å²) in [6.45, 7) is -0.0226. The fraction of sp³-hybridized carbons (Fsp3) is 0.273. The smallest absolute Gasteiger partial charge is 0.252 e. The molecule has 1 aliphatic rings. The summed E-state index contributed by atoms with van der Waals surface area (Å²) in [4.78, 5) is 35.2. The number of anilines is 1. The molecular formula is C22H23N5O2. The standard InChI is InChI=1S/C22H23N5O2/c1-27(2)22-24-11-14(12-25-22)16-5-3-7-18-17(16)6-4-8-19(18)21(29)23-13-20(28)26-15-9-10-15/h3-8,11-12,15H,9-10,13H2,1-2H3,(H,23,29)(H,26,28). The molecule has 0 unspecified atom stereocenters. The van der Waals surface area contributed by atoms with Gasteiger partial charge < -0.3 is 15.5 Å². The van der Waals surface area contributed by atoms with Crippen molar-refractivity contribution in [2.75, 3.05) is 25.5 Å². The summed E-state index contributed by atoms with van der Waals surface area (Å²) in [7, 11) is 3.78. The third kappa shape index (κ3) is 4.18. The molecule has 4 rings (SSSR count). The van der Waals surface area contributed by atoms with Gasteiger partial charge in [0.15, 0.2) is 0 Å². The first-order valence-electron chi connectivity index (χ1n) is 9.62. The van der Waals surface area contributed by atoms with Gasteiger partial charge in [-0.3, -0.25) is 9.59 Å². The first-order valence-corrected chi connectivity index (χ1v) is 9.62. The lowest BCUT2D eigenvalue weighted by Gasteiger charge is -2.12. The van der Waals surface area contributed by atoms with E-state index in [4.69, 9.17) is 0 Å². The van der Waals surface area contributed by atoms with Crippen molar-refractivity contribution in [1.82, 2.24) is 20.6 Å². The van der Waals surface area contributed by atoms with Gasteiger partial charge in [0.25, 0.3) is 5.91 Å². The van der Waals surface area contributed by atoms with Crippen LogP contribution in [0.4, 0.5) is 5.95 Å². The summed E-state index contributed by atoms with van der Waals surface area (Å²) >= 11 is 0. The second kappa shape index (κ2) is 7.87. The van der Waals surface area contributed by atoms with Crippen molar-refractivity contribution in [3.8, 4) is 11.1 Å². The molecule has 1 fully saturated rings. The monoisotopic (exact) mass is 389 g/mol. The molecule has 2 N–H and O–H groups in total. The lowest BCUT2D eigenvalue weighted by atomic mass is 9.96. The van der Waals surface area contributed by atoms with E-state index in [0.29, 0.717) is 11.5 Å². The Labute approximate surface area is 169 Å². The number of amides is 2. The number of hydrogen-bond donors (Lipinski definition) is 2. The lowest BCUT2D eigenvalue weighted by molar-refractivity contribution is -0.120. The Hall–Kier alpha value is -3.48. The van der Waals surface area contributed by atoms with E-state index >= 15 is 0 Å². The van der Waals surface area contributed by atoms with Crippen molar-refractivity contribution in [3.05, 3.63) is 54.4 Å². The lowest BCUT2D eigenvalue weighted by Crippen LogP contribution is -2.37. The quantitative estimate of drug-likeness (QED) is 0.676. The Bertz CT molecular complexity index is 1060. The molecule has 0 spiro atoms. The highest BCUT2D eigenvalue weighted by Crippen LogP contribution is 2.30. The van der Waals surface area contributed by atoms with Gasteiger partial charge in [-0.25, -0.2) is 9.97 Å². The minimum atomic E-state index is -0.266. The zero-order chi connectivity index (χ0) is 20.4. The minimum Gasteiger partial charge on any atom is -0.352 e. The molecule has 3 aromatic rings. The molecule has 1 heterocycles. The molecule has 0 bridgehead atoms. The van der Waals surface area contributed by atoms with Gasteiger partial charge in [0.1, 0.15) is 0 Å². The molecule has 0 aliphatic heterocycles. The Morgan fingerprint density at radius 3 is 2.41 bits per heavy atom. The van der Waals surface area contributed by atoms with Crippen LogP contribution in [-0.4, -0.2) is 48.5 Å². The maximum absolute atomic E-state index is 12.7. The van der Waals surface area contributed by atoms with Gasteiger partial charge in [0.05, 0.1) is 6.54 Å². The SMILES string of the molecule is CN(C)c1ncc(-c2cccc3c(C(=O)NCC(=O)NC4CC4)cccc23)cn1. The summed E-state index contributed by atoms with van der Waals surface area (Å²) in [5.74, 6) is 0.219. The Balaban J connectivity index is 1.60. The predicted molar refractivity (Wildman–Crippen MR) is 113 cm³/mol. The average molecular weight is 389 g/mol. The summed E-state index contributed by atoms with van der Waals surface area (Å²) in [6, 6.07) is 11.7. The second-order valence-electron chi connectivity index (χ2n) is 7.40. The van der Waals surface area contributed by atoms with Crippen molar-refractivity contribution < 1.29 is 9.59 Å². The van der Waals surface area contributed by atoms with Crippen LogP contribution in [0, 0.1) is 0 Å². The van der Waals surface area contributed by atoms with Crippen LogP contribution >= 0.6 is 0 Å². The van der Waals surface area contributed by atoms with Crippen LogP contribution in [0.1, 0.15) is 23.2 Å². The topological polar surface area (TPSA) is 87.2 Å². The maximum Gasteiger partial charge on any atom is 0.252 e. The third-order valence-electron chi connectivity index (χ3n) is 4.87. The van der Waals surface area contributed by atoms with Gasteiger partial charge in [0.2, 0.25) is 11.9 Å². The van der Waals surface area contributed by atoms with Crippen LogP contribution in [0.25, 0.3) is 21.9 Å². The number of aromatic nitrogens is 2. The molecule has 29 heavy (non-hydrogen) atoms. The van der Waals surface area contributed by atoms with Crippen LogP contribution in [0.5, 0.6) is 0 Å². The summed E-state index contributed by atoms with van der Waals surface area (Å²) in [5, 5.41) is 7.35. The van der Waals surface area contributed by atoms with E-state index in [9.17, 15) is 9.59 Å². The number of rotatable bonds is 6. The van der Waals surface area contributed by atoms with Crippen molar-refractivity contribution in [2.24, 2.45) is 0 Å². The normalized spacial score (nSPS) is 13.2. The fourth-order valence-corrected chi connectivity index (χ4v) is 3.21. The highest BCUT2D eigenvalue weighted by Gasteiger charge is 2.23. The zero-order valence-corrected chi connectivity index (χ0v) is 16.5. The highest BCUT2D eigenvalue weighted by molar-refractivity contribution is 6.11. The van der Waals surface area contributed by atoms with Crippen LogP contribution in [-0.2, 0) is 4.79 Å². The molecule has 2 aromatic carbocycles. The molecule has 0 atom stereocenters. The molecule has 7 nitrogen and oxygen atoms in total. The van der Waals surface area contributed by atoms with E-state index < -0.39 is 0 Å². The molecule has 7 heteroatoms. The van der Waals surface area contributed by atoms with Crippen LogP contribution in [0.15, 0.2) is 48.8 Å². The first kappa shape index (κ1) is 18.9. The molecule has 0 saturated heterocycles. The highest BCUT2D eigenvalue weighted by atomic mass is 16.2. The Kier molecular flexibility index (Phi) is 5.12. The van der Waals surface area contributed by atoms with Gasteiger partial charge in [-0.2, -0.15) is 0 Å². The number of carbonyl (C=O) groups excluding carboxylic acids is 2. The Morgan fingerprint density at radius 2 is 1.72 bits per heavy atom. The predicted octanol–water partition coefficient (Wildman–Crippen LogP) is 2.37. The number of nitrogens with zero attached hydrogens (tertiary/aromatic N) is 3. The van der Waals surface area contributed by atoms with Crippen LogP contribution in [0.3, 0.4) is 0 Å². The van der Waals surface area contributed by atoms with Gasteiger partial charge in [-0.1, -0.05) is 30.3 Å². The van der Waals surface area contributed by atoms with Gasteiger partial charge in [-0.15, -0.1) is 0 Å². The Morgan fingerprint density at radius 1 is 1.03 bits per heavy atom. The number of nitrogens with one attached hydrogen (secondary N) is 2. The third-order valence-corrected chi connectivity index (χ3v) is 4.87. The molecule has 0 radical (unpaired) electrons. The van der Waals surface area contributed by atoms with E-state index in [1.807, 2.05) is 49.3 Å². The molecule has 2 amide bonds. The summed E-state index contributed by atoms with van der Waals surface area (Å²) < 4.78 is 0. The van der Waals surface area contributed by atoms with Gasteiger partial charge >= 0.3 is 0 Å². The van der Waals surface area contributed by atoms with Crippen LogP contribution in [0.2, 0.25) is 0 Å².